The number of rotatable bonds is 8. The van der Waals surface area contributed by atoms with E-state index in [1.807, 2.05) is 0 Å². The fraction of sp³-hybridized carbons (Fsp3) is 0.364. The van der Waals surface area contributed by atoms with E-state index in [0.717, 1.165) is 0 Å². The predicted octanol–water partition coefficient (Wildman–Crippen LogP) is 2.21. The lowest BCUT2D eigenvalue weighted by molar-refractivity contribution is -0.140. The molecule has 19 heavy (non-hydrogen) atoms. The number of hydrogen-bond acceptors (Lipinski definition) is 4. The number of aliphatic carboxylic acids is 1. The Morgan fingerprint density at radius 2 is 2.26 bits per heavy atom. The molecule has 1 amide bonds. The summed E-state index contributed by atoms with van der Waals surface area (Å²) in [7, 11) is 0. The maximum Gasteiger partial charge on any atom is 0.326 e. The fourth-order valence-electron chi connectivity index (χ4n) is 1.29. The summed E-state index contributed by atoms with van der Waals surface area (Å²) in [6.07, 6.45) is 0.718. The molecule has 1 aromatic heterocycles. The number of carboxylic acids is 1. The van der Waals surface area contributed by atoms with Crippen LogP contribution in [0.5, 0.6) is 0 Å². The van der Waals surface area contributed by atoms with Crippen LogP contribution < -0.4 is 5.32 Å². The van der Waals surface area contributed by atoms with Crippen LogP contribution in [0.3, 0.4) is 0 Å². The third-order valence-corrected chi connectivity index (χ3v) is 3.80. The molecule has 104 valence electrons. The molecule has 0 aliphatic rings. The minimum atomic E-state index is -1.05. The monoisotopic (exact) mass is 322 g/mol. The zero-order chi connectivity index (χ0) is 14.3. The lowest BCUT2D eigenvalue weighted by Gasteiger charge is -2.10. The number of nitrogens with one attached hydrogen (secondary N) is 1. The van der Waals surface area contributed by atoms with Gasteiger partial charge in [-0.3, -0.25) is 4.79 Å². The zero-order valence-corrected chi connectivity index (χ0v) is 12.1. The van der Waals surface area contributed by atoms with Crippen LogP contribution in [0, 0.1) is 0 Å². The normalized spacial score (nSPS) is 11.9. The maximum atomic E-state index is 10.8. The Balaban J connectivity index is 2.39. The van der Waals surface area contributed by atoms with E-state index < -0.39 is 12.0 Å². The topological polar surface area (TPSA) is 79.3 Å². The molecule has 0 aromatic carbocycles. The Labute approximate surface area is 124 Å². The van der Waals surface area contributed by atoms with Crippen LogP contribution in [-0.4, -0.2) is 34.3 Å². The van der Waals surface area contributed by atoms with Crippen LogP contribution in [-0.2, 0) is 15.3 Å². The van der Waals surface area contributed by atoms with Crippen molar-refractivity contribution in [2.24, 2.45) is 0 Å². The Hall–Kier alpha value is -0.980. The molecule has 1 rings (SSSR count). The summed E-state index contributed by atoms with van der Waals surface area (Å²) in [6.45, 7) is 0. The van der Waals surface area contributed by atoms with Crippen molar-refractivity contribution in [2.45, 2.75) is 18.2 Å². The van der Waals surface area contributed by atoms with Crippen molar-refractivity contribution in [1.29, 1.82) is 0 Å². The highest BCUT2D eigenvalue weighted by Gasteiger charge is 2.15. The first-order chi connectivity index (χ1) is 9.04. The molecule has 8 heteroatoms. The molecule has 0 bridgehead atoms. The highest BCUT2D eigenvalue weighted by Crippen LogP contribution is 2.22. The second kappa shape index (κ2) is 8.24. The minimum Gasteiger partial charge on any atom is -0.480 e. The van der Waals surface area contributed by atoms with Gasteiger partial charge in [-0.05, 0) is 24.3 Å². The summed E-state index contributed by atoms with van der Waals surface area (Å²) >= 11 is 13.2. The van der Waals surface area contributed by atoms with Crippen molar-refractivity contribution in [3.05, 3.63) is 28.0 Å². The second-order valence-corrected chi connectivity index (χ2v) is 5.48. The van der Waals surface area contributed by atoms with Gasteiger partial charge in [0, 0.05) is 5.75 Å². The quantitative estimate of drug-likeness (QED) is 0.436. The lowest BCUT2D eigenvalue weighted by atomic mass is 10.2. The first-order valence-electron chi connectivity index (χ1n) is 5.35. The number of halogens is 2. The molecule has 0 saturated heterocycles. The molecule has 1 unspecified atom stereocenters. The van der Waals surface area contributed by atoms with Crippen molar-refractivity contribution in [3.63, 3.8) is 0 Å². The minimum absolute atomic E-state index is 0.330. The zero-order valence-electron chi connectivity index (χ0n) is 9.81. The number of amides is 1. The van der Waals surface area contributed by atoms with E-state index in [1.165, 1.54) is 11.8 Å². The number of pyridine rings is 1. The van der Waals surface area contributed by atoms with E-state index in [0.29, 0.717) is 40.2 Å². The molecule has 0 fully saturated rings. The summed E-state index contributed by atoms with van der Waals surface area (Å²) in [4.78, 5) is 25.1. The van der Waals surface area contributed by atoms with E-state index in [2.05, 4.69) is 10.3 Å². The molecule has 0 aliphatic carbocycles. The lowest BCUT2D eigenvalue weighted by Crippen LogP contribution is -2.36. The van der Waals surface area contributed by atoms with Crippen molar-refractivity contribution >= 4 is 47.3 Å². The smallest absolute Gasteiger partial charge is 0.326 e. The van der Waals surface area contributed by atoms with Crippen molar-refractivity contribution in [3.8, 4) is 0 Å². The van der Waals surface area contributed by atoms with Crippen LogP contribution >= 0.6 is 35.0 Å². The Morgan fingerprint density at radius 3 is 2.89 bits per heavy atom. The van der Waals surface area contributed by atoms with Gasteiger partial charge in [0.05, 0.1) is 10.7 Å². The third kappa shape index (κ3) is 5.67. The van der Waals surface area contributed by atoms with Gasteiger partial charge in [-0.1, -0.05) is 23.2 Å². The molecule has 1 atom stereocenters. The van der Waals surface area contributed by atoms with Crippen LogP contribution in [0.2, 0.25) is 10.2 Å². The highest BCUT2D eigenvalue weighted by atomic mass is 35.5. The molecule has 5 nitrogen and oxygen atoms in total. The van der Waals surface area contributed by atoms with E-state index >= 15 is 0 Å². The summed E-state index contributed by atoms with van der Waals surface area (Å²) in [5, 5.41) is 12.0. The van der Waals surface area contributed by atoms with Crippen molar-refractivity contribution < 1.29 is 14.7 Å². The molecule has 2 N–H and O–H groups in total. The van der Waals surface area contributed by atoms with Crippen LogP contribution in [0.15, 0.2) is 12.1 Å². The standard InChI is InChI=1S/C11H12Cl2N2O3S/c12-7-1-2-10(13)15-9(7)5-19-4-3-8(11(17)18)14-6-16/h1-2,6,8H,3-5H2,(H,14,16)(H,17,18). The number of carbonyl (C=O) groups excluding carboxylic acids is 1. The van der Waals surface area contributed by atoms with Gasteiger partial charge in [-0.15, -0.1) is 0 Å². The van der Waals surface area contributed by atoms with E-state index in [9.17, 15) is 9.59 Å². The Morgan fingerprint density at radius 1 is 1.53 bits per heavy atom. The number of carbonyl (C=O) groups is 2. The van der Waals surface area contributed by atoms with Gasteiger partial charge in [-0.25, -0.2) is 9.78 Å². The van der Waals surface area contributed by atoms with Gasteiger partial charge in [0.15, 0.2) is 0 Å². The molecule has 0 radical (unpaired) electrons. The van der Waals surface area contributed by atoms with Gasteiger partial charge >= 0.3 is 5.97 Å². The van der Waals surface area contributed by atoms with Gasteiger partial charge in [0.2, 0.25) is 6.41 Å². The average Bonchev–Trinajstić information content (AvgIpc) is 2.36. The molecule has 1 heterocycles. The molecular formula is C11H12Cl2N2O3S. The summed E-state index contributed by atoms with van der Waals surface area (Å²) in [5.74, 6) is 0.0430. The van der Waals surface area contributed by atoms with Crippen LogP contribution in [0.25, 0.3) is 0 Å². The molecular weight excluding hydrogens is 311 g/mol. The van der Waals surface area contributed by atoms with Gasteiger partial charge < -0.3 is 10.4 Å². The number of aromatic nitrogens is 1. The molecule has 0 spiro atoms. The summed E-state index contributed by atoms with van der Waals surface area (Å²) in [6, 6.07) is 2.40. The largest absolute Gasteiger partial charge is 0.480 e. The number of hydrogen-bond donors (Lipinski definition) is 2. The molecule has 0 aliphatic heterocycles. The number of thioether (sulfide) groups is 1. The maximum absolute atomic E-state index is 10.8. The first-order valence-corrected chi connectivity index (χ1v) is 7.27. The third-order valence-electron chi connectivity index (χ3n) is 2.24. The van der Waals surface area contributed by atoms with Gasteiger partial charge in [0.1, 0.15) is 11.2 Å². The van der Waals surface area contributed by atoms with Crippen molar-refractivity contribution in [1.82, 2.24) is 10.3 Å². The Bertz CT molecular complexity index is 460. The predicted molar refractivity (Wildman–Crippen MR) is 75.7 cm³/mol. The number of nitrogens with zero attached hydrogens (tertiary/aromatic N) is 1. The first kappa shape index (κ1) is 16.1. The molecule has 1 aromatic rings. The van der Waals surface area contributed by atoms with Gasteiger partial charge in [0.25, 0.3) is 0 Å². The number of carboxylic acid groups (broad SMARTS) is 1. The van der Waals surface area contributed by atoms with E-state index in [1.54, 1.807) is 12.1 Å². The highest BCUT2D eigenvalue weighted by molar-refractivity contribution is 7.98. The van der Waals surface area contributed by atoms with Crippen molar-refractivity contribution in [2.75, 3.05) is 5.75 Å². The fourth-order valence-corrected chi connectivity index (χ4v) is 2.67. The Kier molecular flexibility index (Phi) is 6.97. The SMILES string of the molecule is O=CNC(CCSCc1nc(Cl)ccc1Cl)C(=O)O. The summed E-state index contributed by atoms with van der Waals surface area (Å²) in [5.41, 5.74) is 0.661. The van der Waals surface area contributed by atoms with Crippen LogP contribution in [0.1, 0.15) is 12.1 Å². The van der Waals surface area contributed by atoms with Gasteiger partial charge in [-0.2, -0.15) is 11.8 Å². The van der Waals surface area contributed by atoms with E-state index in [-0.39, 0.29) is 0 Å². The van der Waals surface area contributed by atoms with E-state index in [4.69, 9.17) is 28.3 Å². The second-order valence-electron chi connectivity index (χ2n) is 3.58. The summed E-state index contributed by atoms with van der Waals surface area (Å²) < 4.78 is 0. The molecule has 0 saturated carbocycles. The average molecular weight is 323 g/mol. The van der Waals surface area contributed by atoms with Crippen LogP contribution in [0.4, 0.5) is 0 Å².